The van der Waals surface area contributed by atoms with Crippen LogP contribution in [0.25, 0.3) is 11.4 Å². The predicted molar refractivity (Wildman–Crippen MR) is 62.4 cm³/mol. The van der Waals surface area contributed by atoms with E-state index in [0.717, 1.165) is 0 Å². The fourth-order valence-electron chi connectivity index (χ4n) is 1.72. The molecular formula is C12H14FN3O. The van der Waals surface area contributed by atoms with Gasteiger partial charge in [0, 0.05) is 6.54 Å². The van der Waals surface area contributed by atoms with Crippen LogP contribution in [0.4, 0.5) is 4.39 Å². The summed E-state index contributed by atoms with van der Waals surface area (Å²) in [4.78, 5) is 4.24. The van der Waals surface area contributed by atoms with E-state index in [1.165, 1.54) is 7.11 Å². The first-order valence-electron chi connectivity index (χ1n) is 5.41. The average molecular weight is 235 g/mol. The molecule has 0 fully saturated rings. The zero-order valence-electron chi connectivity index (χ0n) is 10.1. The van der Waals surface area contributed by atoms with Gasteiger partial charge in [-0.1, -0.05) is 6.07 Å². The SMILES string of the molecule is CCn1nc(C)nc1-c1cccc(OC)c1F. The molecule has 0 amide bonds. The quantitative estimate of drug-likeness (QED) is 0.820. The Labute approximate surface area is 99.1 Å². The highest BCUT2D eigenvalue weighted by Crippen LogP contribution is 2.27. The van der Waals surface area contributed by atoms with Crippen LogP contribution in [-0.2, 0) is 6.54 Å². The van der Waals surface area contributed by atoms with Crippen LogP contribution in [0.1, 0.15) is 12.7 Å². The molecule has 0 bridgehead atoms. The summed E-state index contributed by atoms with van der Waals surface area (Å²) in [7, 11) is 1.44. The summed E-state index contributed by atoms with van der Waals surface area (Å²) < 4.78 is 20.7. The van der Waals surface area contributed by atoms with Gasteiger partial charge in [-0.05, 0) is 26.0 Å². The molecule has 0 saturated carbocycles. The molecule has 1 aromatic heterocycles. The number of aromatic nitrogens is 3. The van der Waals surface area contributed by atoms with Gasteiger partial charge in [0.05, 0.1) is 12.7 Å². The lowest BCUT2D eigenvalue weighted by Gasteiger charge is -2.07. The molecule has 0 spiro atoms. The van der Waals surface area contributed by atoms with Crippen molar-refractivity contribution >= 4 is 0 Å². The number of halogens is 1. The van der Waals surface area contributed by atoms with Gasteiger partial charge in [-0.2, -0.15) is 5.10 Å². The van der Waals surface area contributed by atoms with Crippen molar-refractivity contribution in [1.82, 2.24) is 14.8 Å². The van der Waals surface area contributed by atoms with E-state index < -0.39 is 5.82 Å². The Morgan fingerprint density at radius 1 is 1.41 bits per heavy atom. The lowest BCUT2D eigenvalue weighted by molar-refractivity contribution is 0.387. The van der Waals surface area contributed by atoms with Gasteiger partial charge in [-0.25, -0.2) is 14.1 Å². The molecule has 0 N–H and O–H groups in total. The van der Waals surface area contributed by atoms with Gasteiger partial charge in [-0.15, -0.1) is 0 Å². The van der Waals surface area contributed by atoms with Crippen molar-refractivity contribution in [3.8, 4) is 17.1 Å². The number of ether oxygens (including phenoxy) is 1. The molecule has 2 rings (SSSR count). The fourth-order valence-corrected chi connectivity index (χ4v) is 1.72. The van der Waals surface area contributed by atoms with Gasteiger partial charge in [0.15, 0.2) is 17.4 Å². The number of rotatable bonds is 3. The van der Waals surface area contributed by atoms with E-state index in [0.29, 0.717) is 23.8 Å². The zero-order chi connectivity index (χ0) is 12.4. The molecule has 5 heteroatoms. The summed E-state index contributed by atoms with van der Waals surface area (Å²) in [6.07, 6.45) is 0. The molecule has 0 unspecified atom stereocenters. The lowest BCUT2D eigenvalue weighted by Crippen LogP contribution is -2.01. The molecule has 2 aromatic rings. The number of hydrogen-bond acceptors (Lipinski definition) is 3. The van der Waals surface area contributed by atoms with Crippen LogP contribution in [0, 0.1) is 12.7 Å². The third-order valence-electron chi connectivity index (χ3n) is 2.50. The van der Waals surface area contributed by atoms with Crippen LogP contribution >= 0.6 is 0 Å². The second-order valence-corrected chi connectivity index (χ2v) is 3.62. The molecule has 4 nitrogen and oxygen atoms in total. The van der Waals surface area contributed by atoms with Gasteiger partial charge in [0.25, 0.3) is 0 Å². The van der Waals surface area contributed by atoms with Gasteiger partial charge in [0.2, 0.25) is 0 Å². The summed E-state index contributed by atoms with van der Waals surface area (Å²) in [6.45, 7) is 4.37. The maximum Gasteiger partial charge on any atom is 0.176 e. The third-order valence-corrected chi connectivity index (χ3v) is 2.50. The molecule has 17 heavy (non-hydrogen) atoms. The zero-order valence-corrected chi connectivity index (χ0v) is 10.1. The smallest absolute Gasteiger partial charge is 0.176 e. The van der Waals surface area contributed by atoms with E-state index in [-0.39, 0.29) is 5.75 Å². The monoisotopic (exact) mass is 235 g/mol. The molecular weight excluding hydrogens is 221 g/mol. The Kier molecular flexibility index (Phi) is 3.08. The Bertz CT molecular complexity index is 537. The molecule has 1 aromatic carbocycles. The van der Waals surface area contributed by atoms with Crippen LogP contribution in [0.5, 0.6) is 5.75 Å². The van der Waals surface area contributed by atoms with E-state index in [1.807, 2.05) is 6.92 Å². The first kappa shape index (κ1) is 11.6. The normalized spacial score (nSPS) is 10.6. The molecule has 0 atom stereocenters. The van der Waals surface area contributed by atoms with E-state index in [9.17, 15) is 4.39 Å². The summed E-state index contributed by atoms with van der Waals surface area (Å²) >= 11 is 0. The molecule has 90 valence electrons. The van der Waals surface area contributed by atoms with Gasteiger partial charge < -0.3 is 4.74 Å². The highest BCUT2D eigenvalue weighted by atomic mass is 19.1. The lowest BCUT2D eigenvalue weighted by atomic mass is 10.2. The van der Waals surface area contributed by atoms with Crippen molar-refractivity contribution in [2.45, 2.75) is 20.4 Å². The van der Waals surface area contributed by atoms with Gasteiger partial charge >= 0.3 is 0 Å². The Morgan fingerprint density at radius 2 is 2.18 bits per heavy atom. The highest BCUT2D eigenvalue weighted by Gasteiger charge is 2.16. The number of benzene rings is 1. The van der Waals surface area contributed by atoms with Gasteiger partial charge in [-0.3, -0.25) is 0 Å². The predicted octanol–water partition coefficient (Wildman–Crippen LogP) is 2.42. The standard InChI is InChI=1S/C12H14FN3O/c1-4-16-12(14-8(2)15-16)9-6-5-7-10(17-3)11(9)13/h5-7H,4H2,1-3H3. The highest BCUT2D eigenvalue weighted by molar-refractivity contribution is 5.59. The van der Waals surface area contributed by atoms with E-state index in [2.05, 4.69) is 10.1 Å². The van der Waals surface area contributed by atoms with Crippen molar-refractivity contribution in [3.05, 3.63) is 29.8 Å². The molecule has 0 saturated heterocycles. The first-order chi connectivity index (χ1) is 8.17. The second-order valence-electron chi connectivity index (χ2n) is 3.62. The Balaban J connectivity index is 2.59. The van der Waals surface area contributed by atoms with Crippen molar-refractivity contribution in [1.29, 1.82) is 0 Å². The van der Waals surface area contributed by atoms with Crippen molar-refractivity contribution in [3.63, 3.8) is 0 Å². The van der Waals surface area contributed by atoms with Crippen LogP contribution in [0.15, 0.2) is 18.2 Å². The number of methoxy groups -OCH3 is 1. The van der Waals surface area contributed by atoms with E-state index in [1.54, 1.807) is 29.8 Å². The Morgan fingerprint density at radius 3 is 2.82 bits per heavy atom. The largest absolute Gasteiger partial charge is 0.494 e. The molecule has 0 aliphatic carbocycles. The molecule has 1 heterocycles. The number of hydrogen-bond donors (Lipinski definition) is 0. The minimum absolute atomic E-state index is 0.214. The number of aryl methyl sites for hydroxylation is 2. The molecule has 0 radical (unpaired) electrons. The van der Waals surface area contributed by atoms with Crippen LogP contribution in [-0.4, -0.2) is 21.9 Å². The van der Waals surface area contributed by atoms with Crippen LogP contribution in [0.3, 0.4) is 0 Å². The summed E-state index contributed by atoms with van der Waals surface area (Å²) in [6, 6.07) is 4.99. The van der Waals surface area contributed by atoms with Crippen LogP contribution < -0.4 is 4.74 Å². The third kappa shape index (κ3) is 2.00. The minimum atomic E-state index is -0.405. The fraction of sp³-hybridized carbons (Fsp3) is 0.333. The van der Waals surface area contributed by atoms with Crippen molar-refractivity contribution in [2.24, 2.45) is 0 Å². The first-order valence-corrected chi connectivity index (χ1v) is 5.41. The summed E-state index contributed by atoms with van der Waals surface area (Å²) in [5.74, 6) is 0.966. The van der Waals surface area contributed by atoms with Crippen LogP contribution in [0.2, 0.25) is 0 Å². The number of nitrogens with zero attached hydrogens (tertiary/aromatic N) is 3. The van der Waals surface area contributed by atoms with E-state index in [4.69, 9.17) is 4.74 Å². The second kappa shape index (κ2) is 4.53. The molecule has 0 aliphatic rings. The van der Waals surface area contributed by atoms with Gasteiger partial charge in [0.1, 0.15) is 5.82 Å². The summed E-state index contributed by atoms with van der Waals surface area (Å²) in [5.41, 5.74) is 0.409. The topological polar surface area (TPSA) is 39.9 Å². The maximum absolute atomic E-state index is 14.1. The Hall–Kier alpha value is -1.91. The van der Waals surface area contributed by atoms with Crippen molar-refractivity contribution < 1.29 is 9.13 Å². The average Bonchev–Trinajstić information content (AvgIpc) is 2.70. The maximum atomic E-state index is 14.1. The van der Waals surface area contributed by atoms with E-state index >= 15 is 0 Å². The minimum Gasteiger partial charge on any atom is -0.494 e. The van der Waals surface area contributed by atoms with Crippen molar-refractivity contribution in [2.75, 3.05) is 7.11 Å². The molecule has 0 aliphatic heterocycles. The summed E-state index contributed by atoms with van der Waals surface area (Å²) in [5, 5.41) is 4.20.